The maximum Gasteiger partial charge on any atom is 0.326 e. The van der Waals surface area contributed by atoms with Gasteiger partial charge in [0.05, 0.1) is 19.1 Å². The normalized spacial score (nSPS) is 21.3. The number of hydrogen-bond acceptors (Lipinski definition) is 4. The van der Waals surface area contributed by atoms with E-state index in [-0.39, 0.29) is 31.7 Å². The van der Waals surface area contributed by atoms with Crippen molar-refractivity contribution in [2.45, 2.75) is 25.0 Å². The number of aliphatic carboxylic acids is 1. The van der Waals surface area contributed by atoms with Gasteiger partial charge in [-0.2, -0.15) is 0 Å². The average molecular weight is 297 g/mol. The first-order valence-corrected chi connectivity index (χ1v) is 6.56. The molecule has 1 aromatic rings. The van der Waals surface area contributed by atoms with Crippen LogP contribution in [0, 0.1) is 5.82 Å². The van der Waals surface area contributed by atoms with Gasteiger partial charge in [-0.15, -0.1) is 0 Å². The Morgan fingerprint density at radius 1 is 1.38 bits per heavy atom. The first-order valence-electron chi connectivity index (χ1n) is 6.56. The van der Waals surface area contributed by atoms with E-state index in [0.717, 1.165) is 4.90 Å². The molecule has 7 heteroatoms. The number of rotatable bonds is 5. The first-order chi connectivity index (χ1) is 9.99. The maximum atomic E-state index is 13.3. The van der Waals surface area contributed by atoms with Gasteiger partial charge >= 0.3 is 5.97 Å². The largest absolute Gasteiger partial charge is 0.490 e. The summed E-state index contributed by atoms with van der Waals surface area (Å²) in [5.41, 5.74) is 0. The predicted molar refractivity (Wildman–Crippen MR) is 70.3 cm³/mol. The van der Waals surface area contributed by atoms with Gasteiger partial charge in [0.1, 0.15) is 6.04 Å². The fourth-order valence-corrected chi connectivity index (χ4v) is 2.28. The Balaban J connectivity index is 1.87. The molecule has 1 fully saturated rings. The number of aliphatic hydroxyl groups is 1. The molecule has 114 valence electrons. The number of hydrogen-bond donors (Lipinski definition) is 2. The van der Waals surface area contributed by atoms with Crippen molar-refractivity contribution in [1.29, 1.82) is 0 Å². The minimum atomic E-state index is -1.14. The fourth-order valence-electron chi connectivity index (χ4n) is 2.28. The molecule has 1 heterocycles. The molecule has 2 atom stereocenters. The number of amides is 1. The highest BCUT2D eigenvalue weighted by Crippen LogP contribution is 2.20. The first kappa shape index (κ1) is 15.2. The Bertz CT molecular complexity index is 536. The van der Waals surface area contributed by atoms with Crippen molar-refractivity contribution in [1.82, 2.24) is 4.90 Å². The third-order valence-corrected chi connectivity index (χ3v) is 3.29. The fraction of sp³-hybridized carbons (Fsp3) is 0.429. The van der Waals surface area contributed by atoms with Crippen LogP contribution in [-0.4, -0.2) is 52.3 Å². The standard InChI is InChI=1S/C14H16FNO5/c15-10-3-1-2-4-12(10)21-6-5-13(18)16-8-9(17)7-11(16)14(19)20/h1-4,9,11,17H,5-8H2,(H,19,20)/t9?,11-/m0/s1. The highest BCUT2D eigenvalue weighted by molar-refractivity contribution is 5.84. The van der Waals surface area contributed by atoms with E-state index < -0.39 is 29.8 Å². The van der Waals surface area contributed by atoms with Crippen molar-refractivity contribution in [2.24, 2.45) is 0 Å². The molecule has 0 spiro atoms. The summed E-state index contributed by atoms with van der Waals surface area (Å²) in [5.74, 6) is -2.06. The van der Waals surface area contributed by atoms with Crippen molar-refractivity contribution >= 4 is 11.9 Å². The SMILES string of the molecule is O=C(O)[C@@H]1CC(O)CN1C(=O)CCOc1ccccc1F. The van der Waals surface area contributed by atoms with Crippen molar-refractivity contribution in [2.75, 3.05) is 13.2 Å². The minimum absolute atomic E-state index is 0.00447. The van der Waals surface area contributed by atoms with Crippen LogP contribution in [0.3, 0.4) is 0 Å². The summed E-state index contributed by atoms with van der Waals surface area (Å²) in [4.78, 5) is 24.1. The van der Waals surface area contributed by atoms with E-state index in [1.807, 2.05) is 0 Å². The summed E-state index contributed by atoms with van der Waals surface area (Å²) >= 11 is 0. The van der Waals surface area contributed by atoms with Gasteiger partial charge in [-0.25, -0.2) is 9.18 Å². The highest BCUT2D eigenvalue weighted by Gasteiger charge is 2.38. The molecule has 0 saturated carbocycles. The van der Waals surface area contributed by atoms with Crippen LogP contribution in [0.4, 0.5) is 4.39 Å². The van der Waals surface area contributed by atoms with Gasteiger partial charge in [-0.3, -0.25) is 4.79 Å². The van der Waals surface area contributed by atoms with E-state index in [2.05, 4.69) is 0 Å². The third-order valence-electron chi connectivity index (χ3n) is 3.29. The molecule has 1 unspecified atom stereocenters. The lowest BCUT2D eigenvalue weighted by atomic mass is 10.2. The summed E-state index contributed by atoms with van der Waals surface area (Å²) < 4.78 is 18.5. The minimum Gasteiger partial charge on any atom is -0.490 e. The molecule has 0 aromatic heterocycles. The van der Waals surface area contributed by atoms with Crippen molar-refractivity contribution in [3.8, 4) is 5.75 Å². The number of nitrogens with zero attached hydrogens (tertiary/aromatic N) is 1. The average Bonchev–Trinajstić information content (AvgIpc) is 2.83. The second kappa shape index (κ2) is 6.53. The zero-order valence-electron chi connectivity index (χ0n) is 11.2. The Labute approximate surface area is 120 Å². The van der Waals surface area contributed by atoms with Crippen LogP contribution >= 0.6 is 0 Å². The van der Waals surface area contributed by atoms with Crippen LogP contribution in [0.1, 0.15) is 12.8 Å². The molecular weight excluding hydrogens is 281 g/mol. The lowest BCUT2D eigenvalue weighted by Crippen LogP contribution is -2.41. The number of ether oxygens (including phenoxy) is 1. The Morgan fingerprint density at radius 3 is 2.76 bits per heavy atom. The Hall–Kier alpha value is -2.15. The molecule has 2 rings (SSSR count). The number of carboxylic acid groups (broad SMARTS) is 1. The van der Waals surface area contributed by atoms with Crippen molar-refractivity contribution in [3.63, 3.8) is 0 Å². The molecule has 1 amide bonds. The van der Waals surface area contributed by atoms with Gasteiger partial charge in [-0.05, 0) is 12.1 Å². The van der Waals surface area contributed by atoms with Gasteiger partial charge < -0.3 is 19.8 Å². The quantitative estimate of drug-likeness (QED) is 0.833. The molecule has 6 nitrogen and oxygen atoms in total. The number of carbonyl (C=O) groups excluding carboxylic acids is 1. The number of likely N-dealkylation sites (tertiary alicyclic amines) is 1. The summed E-state index contributed by atoms with van der Waals surface area (Å²) in [5, 5.41) is 18.5. The third kappa shape index (κ3) is 3.69. The summed E-state index contributed by atoms with van der Waals surface area (Å²) in [7, 11) is 0. The smallest absolute Gasteiger partial charge is 0.326 e. The second-order valence-corrected chi connectivity index (χ2v) is 4.82. The molecule has 1 saturated heterocycles. The Morgan fingerprint density at radius 2 is 2.10 bits per heavy atom. The van der Waals surface area contributed by atoms with Crippen molar-refractivity contribution in [3.05, 3.63) is 30.1 Å². The van der Waals surface area contributed by atoms with Gasteiger partial charge in [0.15, 0.2) is 11.6 Å². The van der Waals surface area contributed by atoms with Crippen molar-refractivity contribution < 1.29 is 28.9 Å². The van der Waals surface area contributed by atoms with Gasteiger partial charge in [0, 0.05) is 13.0 Å². The van der Waals surface area contributed by atoms with Crippen LogP contribution in [-0.2, 0) is 9.59 Å². The zero-order chi connectivity index (χ0) is 15.4. The van der Waals surface area contributed by atoms with E-state index >= 15 is 0 Å². The van der Waals surface area contributed by atoms with E-state index in [1.165, 1.54) is 18.2 Å². The second-order valence-electron chi connectivity index (χ2n) is 4.82. The number of para-hydroxylation sites is 1. The van der Waals surface area contributed by atoms with Crippen LogP contribution in [0.15, 0.2) is 24.3 Å². The maximum absolute atomic E-state index is 13.3. The summed E-state index contributed by atoms with van der Waals surface area (Å²) in [6.07, 6.45) is -0.886. The lowest BCUT2D eigenvalue weighted by Gasteiger charge is -2.21. The molecule has 0 aliphatic carbocycles. The molecule has 1 aliphatic heterocycles. The molecule has 1 aliphatic rings. The van der Waals surface area contributed by atoms with Gasteiger partial charge in [0.2, 0.25) is 5.91 Å². The van der Waals surface area contributed by atoms with Gasteiger partial charge in [-0.1, -0.05) is 12.1 Å². The molecular formula is C14H16FNO5. The monoisotopic (exact) mass is 297 g/mol. The van der Waals surface area contributed by atoms with E-state index in [9.17, 15) is 19.1 Å². The lowest BCUT2D eigenvalue weighted by molar-refractivity contribution is -0.148. The zero-order valence-corrected chi connectivity index (χ0v) is 11.2. The number of β-amino-alcohol motifs (C(OH)–C–C–N with tert-alkyl or cyclic N) is 1. The van der Waals surface area contributed by atoms with E-state index in [4.69, 9.17) is 9.84 Å². The highest BCUT2D eigenvalue weighted by atomic mass is 19.1. The van der Waals surface area contributed by atoms with Crippen LogP contribution in [0.5, 0.6) is 5.75 Å². The number of aliphatic hydroxyl groups excluding tert-OH is 1. The Kier molecular flexibility index (Phi) is 4.74. The van der Waals surface area contributed by atoms with Crippen LogP contribution < -0.4 is 4.74 Å². The van der Waals surface area contributed by atoms with E-state index in [1.54, 1.807) is 6.07 Å². The number of carbonyl (C=O) groups is 2. The molecule has 0 bridgehead atoms. The molecule has 1 aromatic carbocycles. The van der Waals surface area contributed by atoms with Gasteiger partial charge in [0.25, 0.3) is 0 Å². The predicted octanol–water partition coefficient (Wildman–Crippen LogP) is 0.641. The molecule has 0 radical (unpaired) electrons. The number of carboxylic acids is 1. The topological polar surface area (TPSA) is 87.1 Å². The summed E-state index contributed by atoms with van der Waals surface area (Å²) in [6.45, 7) is -0.0613. The number of benzene rings is 1. The molecule has 2 N–H and O–H groups in total. The van der Waals surface area contributed by atoms with Crippen LogP contribution in [0.25, 0.3) is 0 Å². The summed E-state index contributed by atoms with van der Waals surface area (Å²) in [6, 6.07) is 4.81. The molecule has 21 heavy (non-hydrogen) atoms. The van der Waals surface area contributed by atoms with E-state index in [0.29, 0.717) is 0 Å². The van der Waals surface area contributed by atoms with Crippen LogP contribution in [0.2, 0.25) is 0 Å². The number of halogens is 1.